The van der Waals surface area contributed by atoms with Crippen molar-refractivity contribution in [1.82, 2.24) is 15.2 Å². The van der Waals surface area contributed by atoms with E-state index in [0.717, 1.165) is 11.7 Å². The van der Waals surface area contributed by atoms with Crippen LogP contribution in [0.25, 0.3) is 0 Å². The van der Waals surface area contributed by atoms with Crippen molar-refractivity contribution in [2.45, 2.75) is 33.6 Å². The average Bonchev–Trinajstić information content (AvgIpc) is 3.53. The zero-order valence-corrected chi connectivity index (χ0v) is 28.8. The molecule has 1 aliphatic rings. The zero-order chi connectivity index (χ0) is 33.6. The van der Waals surface area contributed by atoms with Gasteiger partial charge < -0.3 is 24.3 Å². The van der Waals surface area contributed by atoms with Gasteiger partial charge in [-0.1, -0.05) is 81.4 Å². The highest BCUT2D eigenvalue weighted by molar-refractivity contribution is 7.14. The molecule has 47 heavy (non-hydrogen) atoms. The van der Waals surface area contributed by atoms with Crippen LogP contribution in [0.15, 0.2) is 90.3 Å². The van der Waals surface area contributed by atoms with Gasteiger partial charge in [0, 0.05) is 50.1 Å². The Bertz CT molecular complexity index is 1630. The lowest BCUT2D eigenvalue weighted by Crippen LogP contribution is -2.65. The van der Waals surface area contributed by atoms with Crippen LogP contribution < -0.4 is 20.6 Å². The number of non-ortho nitro benzene ring substituents is 1. The van der Waals surface area contributed by atoms with Gasteiger partial charge in [-0.2, -0.15) is 0 Å². The molecule has 3 aromatic carbocycles. The topological polar surface area (TPSA) is 127 Å². The number of anilines is 1. The number of ether oxygens (including phenoxy) is 1. The van der Waals surface area contributed by atoms with E-state index in [9.17, 15) is 19.7 Å². The number of hydrogen-bond donors (Lipinski definition) is 1. The predicted octanol–water partition coefficient (Wildman–Crippen LogP) is 4.41. The van der Waals surface area contributed by atoms with Gasteiger partial charge >= 0.3 is 6.09 Å². The van der Waals surface area contributed by atoms with Crippen molar-refractivity contribution < 1.29 is 23.7 Å². The number of amides is 2. The second kappa shape index (κ2) is 14.9. The Hall–Kier alpha value is -4.59. The summed E-state index contributed by atoms with van der Waals surface area (Å²) in [7, 11) is -0.377. The first-order chi connectivity index (χ1) is 22.5. The molecule has 2 heterocycles. The minimum absolute atomic E-state index is 0.0135. The number of alkyl carbamates (subject to hydrolysis) is 1. The number of carbonyl (C=O) groups excluding carboxylic acids is 2. The van der Waals surface area contributed by atoms with Crippen molar-refractivity contribution in [1.29, 1.82) is 0 Å². The van der Waals surface area contributed by atoms with Gasteiger partial charge in [-0.25, -0.2) is 9.78 Å². The van der Waals surface area contributed by atoms with Crippen molar-refractivity contribution in [3.05, 3.63) is 112 Å². The second-order valence-corrected chi connectivity index (χ2v) is 15.7. The van der Waals surface area contributed by atoms with Crippen LogP contribution in [0.2, 0.25) is 0 Å². The largest absolute Gasteiger partial charge is 0.445 e. The molecular weight excluding hydrogens is 635 g/mol. The minimum atomic E-state index is -2.04. The van der Waals surface area contributed by atoms with Gasteiger partial charge in [0.05, 0.1) is 4.92 Å². The van der Waals surface area contributed by atoms with Crippen LogP contribution in [0.3, 0.4) is 0 Å². The van der Waals surface area contributed by atoms with E-state index < -0.39 is 20.1 Å². The van der Waals surface area contributed by atoms with E-state index in [1.807, 2.05) is 12.1 Å². The normalized spacial score (nSPS) is 16.0. The summed E-state index contributed by atoms with van der Waals surface area (Å²) in [6.45, 7) is 7.88. The number of rotatable bonds is 12. The molecule has 0 saturated carbocycles. The molecule has 0 bridgehead atoms. The molecule has 2 unspecified atom stereocenters. The number of hydrogen-bond acceptors (Lipinski definition) is 9. The van der Waals surface area contributed by atoms with Gasteiger partial charge in [-0.15, -0.1) is 11.3 Å². The third-order valence-corrected chi connectivity index (χ3v) is 11.6. The molecule has 1 aliphatic heterocycles. The molecule has 0 radical (unpaired) electrons. The highest BCUT2D eigenvalue weighted by Crippen LogP contribution is 2.43. The molecule has 5 rings (SSSR count). The third kappa shape index (κ3) is 8.42. The highest BCUT2D eigenvalue weighted by atomic mass is 32.1. The van der Waals surface area contributed by atoms with Gasteiger partial charge in [0.2, 0.25) is 9.04 Å². The van der Waals surface area contributed by atoms with Gasteiger partial charge in [0.1, 0.15) is 18.5 Å². The predicted molar refractivity (Wildman–Crippen MR) is 185 cm³/mol. The second-order valence-electron chi connectivity index (χ2n) is 12.5. The summed E-state index contributed by atoms with van der Waals surface area (Å²) >= 11 is 1.43. The Morgan fingerprint density at radius 3 is 2.23 bits per heavy atom. The monoisotopic (exact) mass is 673 g/mol. The first-order valence-electron chi connectivity index (χ1n) is 15.4. The zero-order valence-electron chi connectivity index (χ0n) is 26.9. The van der Waals surface area contributed by atoms with Crippen molar-refractivity contribution in [3.8, 4) is 0 Å². The fourth-order valence-corrected chi connectivity index (χ4v) is 8.61. The fraction of sp³-hybridized carbons (Fsp3) is 0.324. The van der Waals surface area contributed by atoms with Crippen LogP contribution in [-0.2, 0) is 15.8 Å². The van der Waals surface area contributed by atoms with Crippen molar-refractivity contribution in [2.24, 2.45) is 11.3 Å². The Morgan fingerprint density at radius 1 is 1.04 bits per heavy atom. The van der Waals surface area contributed by atoms with E-state index in [1.54, 1.807) is 12.4 Å². The molecule has 1 saturated heterocycles. The molecule has 13 heteroatoms. The molecule has 1 aromatic heterocycles. The number of benzene rings is 3. The number of nitro groups is 1. The Morgan fingerprint density at radius 2 is 1.66 bits per heavy atom. The van der Waals surface area contributed by atoms with Gasteiger partial charge in [0.15, 0.2) is 5.13 Å². The summed E-state index contributed by atoms with van der Waals surface area (Å²) < 4.78 is 12.3. The Balaban J connectivity index is 1.18. The Kier molecular flexibility index (Phi) is 10.7. The average molecular weight is 674 g/mol. The van der Waals surface area contributed by atoms with Crippen molar-refractivity contribution >= 4 is 53.6 Å². The lowest BCUT2D eigenvalue weighted by atomic mass is 9.74. The van der Waals surface area contributed by atoms with E-state index in [2.05, 4.69) is 79.5 Å². The van der Waals surface area contributed by atoms with Crippen LogP contribution in [0.4, 0.5) is 15.6 Å². The number of aromatic nitrogens is 1. The molecule has 0 spiro atoms. The van der Waals surface area contributed by atoms with Crippen LogP contribution in [0.1, 0.15) is 36.8 Å². The quantitative estimate of drug-likeness (QED) is 0.133. The minimum Gasteiger partial charge on any atom is -0.445 e. The van der Waals surface area contributed by atoms with E-state index in [-0.39, 0.29) is 48.9 Å². The van der Waals surface area contributed by atoms with Gasteiger partial charge in [-0.05, 0) is 33.5 Å². The summed E-state index contributed by atoms with van der Waals surface area (Å²) in [6, 6.07) is 26.6. The first kappa shape index (κ1) is 33.8. The molecule has 246 valence electrons. The van der Waals surface area contributed by atoms with Crippen LogP contribution in [-0.4, -0.2) is 68.8 Å². The number of nitrogens with one attached hydrogen (secondary N) is 1. The Labute approximate surface area is 280 Å². The number of thiazole rings is 1. The molecule has 0 aliphatic carbocycles. The molecule has 4 aromatic rings. The number of nitro benzene ring substituents is 1. The molecule has 2 atom stereocenters. The van der Waals surface area contributed by atoms with Crippen molar-refractivity contribution in [2.75, 3.05) is 31.6 Å². The van der Waals surface area contributed by atoms with Gasteiger partial charge in [0.25, 0.3) is 11.6 Å². The molecular formula is C34H39N5O6SSi. The van der Waals surface area contributed by atoms with Crippen molar-refractivity contribution in [3.63, 3.8) is 0 Å². The first-order valence-corrected chi connectivity index (χ1v) is 17.9. The summed E-state index contributed by atoms with van der Waals surface area (Å²) in [5.74, 6) is 0.0293. The van der Waals surface area contributed by atoms with Crippen LogP contribution >= 0.6 is 11.3 Å². The number of nitrogens with zero attached hydrogens (tertiary/aromatic N) is 4. The lowest BCUT2D eigenvalue weighted by Gasteiger charge is -2.54. The molecule has 1 N–H and O–H groups in total. The number of likely N-dealkylation sites (N-methyl/N-ethyl adjacent to an activating group) is 1. The summed E-state index contributed by atoms with van der Waals surface area (Å²) in [4.78, 5) is 44.1. The van der Waals surface area contributed by atoms with E-state index in [0.29, 0.717) is 11.3 Å². The van der Waals surface area contributed by atoms with Crippen LogP contribution in [0, 0.1) is 21.4 Å². The maximum absolute atomic E-state index is 13.2. The standard InChI is InChI=1S/C34H39N5O6SSi/c1-34(2,3)28-21-38(31(28)45-47(26-11-7-5-8-12-26)27-13-9-6-10-14-27)32-36-29(23-46-32)30(40)37(4)20-19-35-33(41)44-22-24-15-17-25(18-16-24)39(42)43/h5-18,23,28,31,47H,19-22H2,1-4H3,(H,35,41). The van der Waals surface area contributed by atoms with E-state index in [1.165, 1.54) is 50.9 Å². The van der Waals surface area contributed by atoms with E-state index in [4.69, 9.17) is 14.1 Å². The smallest absolute Gasteiger partial charge is 0.407 e. The SMILES string of the molecule is CN(CCNC(=O)OCc1ccc([N+](=O)[O-])cc1)C(=O)c1csc(N2CC(C(C)(C)C)C2O[SiH](c2ccccc2)c2ccccc2)n1. The third-order valence-electron chi connectivity index (χ3n) is 8.17. The summed E-state index contributed by atoms with van der Waals surface area (Å²) in [5, 5.41) is 18.3. The van der Waals surface area contributed by atoms with Crippen LogP contribution in [0.5, 0.6) is 0 Å². The summed E-state index contributed by atoms with van der Waals surface area (Å²) in [5.41, 5.74) is 0.941. The van der Waals surface area contributed by atoms with Gasteiger partial charge in [-0.3, -0.25) is 14.9 Å². The maximum Gasteiger partial charge on any atom is 0.407 e. The fourth-order valence-electron chi connectivity index (χ4n) is 5.32. The maximum atomic E-state index is 13.2. The van der Waals surface area contributed by atoms with E-state index >= 15 is 0 Å². The molecule has 1 fully saturated rings. The highest BCUT2D eigenvalue weighted by Gasteiger charge is 2.48. The molecule has 11 nitrogen and oxygen atoms in total. The lowest BCUT2D eigenvalue weighted by molar-refractivity contribution is -0.384. The number of carbonyl (C=O) groups is 2. The summed E-state index contributed by atoms with van der Waals surface area (Å²) in [6.07, 6.45) is -0.828. The molecule has 2 amide bonds.